The second-order valence-electron chi connectivity index (χ2n) is 6.50. The van der Waals surface area contributed by atoms with Crippen LogP contribution in [-0.2, 0) is 6.42 Å². The smallest absolute Gasteiger partial charge is 0.0307 e. The lowest BCUT2D eigenvalue weighted by molar-refractivity contribution is 0.0731. The first-order valence-corrected chi connectivity index (χ1v) is 7.56. The maximum absolute atomic E-state index is 6.52. The Balaban J connectivity index is 2.03. The van der Waals surface area contributed by atoms with Crippen molar-refractivity contribution in [2.45, 2.75) is 58.0 Å². The molecule has 2 N–H and O–H groups in total. The highest BCUT2D eigenvalue weighted by Crippen LogP contribution is 2.24. The van der Waals surface area contributed by atoms with Gasteiger partial charge in [-0.15, -0.1) is 0 Å². The van der Waals surface area contributed by atoms with Gasteiger partial charge in [0.05, 0.1) is 0 Å². The summed E-state index contributed by atoms with van der Waals surface area (Å²) in [6.07, 6.45) is 4.98. The molecule has 1 atom stereocenters. The minimum absolute atomic E-state index is 0.0875. The lowest BCUT2D eigenvalue weighted by Crippen LogP contribution is -2.58. The van der Waals surface area contributed by atoms with E-state index >= 15 is 0 Å². The molecule has 1 saturated heterocycles. The number of aryl methyl sites for hydroxylation is 1. The molecule has 0 amide bonds. The molecule has 1 unspecified atom stereocenters. The molecule has 2 rings (SSSR count). The molecular formula is C17H28N2. The molecule has 19 heavy (non-hydrogen) atoms. The van der Waals surface area contributed by atoms with E-state index in [4.69, 9.17) is 5.73 Å². The average molecular weight is 260 g/mol. The number of nitrogens with zero attached hydrogens (tertiary/aromatic N) is 1. The van der Waals surface area contributed by atoms with Crippen LogP contribution in [-0.4, -0.2) is 29.6 Å². The van der Waals surface area contributed by atoms with Crippen LogP contribution < -0.4 is 5.73 Å². The van der Waals surface area contributed by atoms with E-state index in [9.17, 15) is 0 Å². The van der Waals surface area contributed by atoms with Crippen molar-refractivity contribution >= 4 is 0 Å². The third-order valence-corrected chi connectivity index (χ3v) is 4.62. The molecular weight excluding hydrogens is 232 g/mol. The summed E-state index contributed by atoms with van der Waals surface area (Å²) in [6.45, 7) is 9.16. The Kier molecular flexibility index (Phi) is 4.64. The second-order valence-corrected chi connectivity index (χ2v) is 6.50. The van der Waals surface area contributed by atoms with Crippen molar-refractivity contribution in [2.24, 2.45) is 5.73 Å². The molecule has 0 radical (unpaired) electrons. The molecule has 1 fully saturated rings. The standard InChI is InChI=1S/C17H28N2/c1-14-8-7-9-15(12-14)13-16(18)17(2,3)19-10-5-4-6-11-19/h7-9,12,16H,4-6,10-11,13,18H2,1-3H3. The highest BCUT2D eigenvalue weighted by Gasteiger charge is 2.33. The van der Waals surface area contributed by atoms with Crippen LogP contribution in [0.1, 0.15) is 44.2 Å². The largest absolute Gasteiger partial charge is 0.326 e. The Morgan fingerprint density at radius 2 is 1.89 bits per heavy atom. The quantitative estimate of drug-likeness (QED) is 0.901. The van der Waals surface area contributed by atoms with E-state index in [1.165, 1.54) is 43.5 Å². The molecule has 1 aromatic rings. The van der Waals surface area contributed by atoms with Gasteiger partial charge in [-0.2, -0.15) is 0 Å². The van der Waals surface area contributed by atoms with E-state index in [2.05, 4.69) is 49.9 Å². The number of benzene rings is 1. The van der Waals surface area contributed by atoms with Gasteiger partial charge in [-0.05, 0) is 58.7 Å². The van der Waals surface area contributed by atoms with Crippen LogP contribution in [0.15, 0.2) is 24.3 Å². The van der Waals surface area contributed by atoms with Crippen LogP contribution >= 0.6 is 0 Å². The van der Waals surface area contributed by atoms with Crippen LogP contribution in [0.4, 0.5) is 0 Å². The fourth-order valence-electron chi connectivity index (χ4n) is 3.05. The van der Waals surface area contributed by atoms with Crippen molar-refractivity contribution in [1.82, 2.24) is 4.90 Å². The lowest BCUT2D eigenvalue weighted by Gasteiger charge is -2.44. The molecule has 0 spiro atoms. The van der Waals surface area contributed by atoms with E-state index in [0.717, 1.165) is 6.42 Å². The predicted molar refractivity (Wildman–Crippen MR) is 82.4 cm³/mol. The fraction of sp³-hybridized carbons (Fsp3) is 0.647. The summed E-state index contributed by atoms with van der Waals surface area (Å²) in [5, 5.41) is 0. The summed E-state index contributed by atoms with van der Waals surface area (Å²) < 4.78 is 0. The van der Waals surface area contributed by atoms with Gasteiger partial charge in [0, 0.05) is 11.6 Å². The van der Waals surface area contributed by atoms with E-state index in [-0.39, 0.29) is 11.6 Å². The number of hydrogen-bond acceptors (Lipinski definition) is 2. The van der Waals surface area contributed by atoms with Gasteiger partial charge in [-0.1, -0.05) is 36.2 Å². The molecule has 2 heteroatoms. The van der Waals surface area contributed by atoms with Crippen molar-refractivity contribution in [3.8, 4) is 0 Å². The van der Waals surface area contributed by atoms with Gasteiger partial charge in [0.1, 0.15) is 0 Å². The third kappa shape index (κ3) is 3.58. The molecule has 0 aromatic heterocycles. The molecule has 106 valence electrons. The number of hydrogen-bond donors (Lipinski definition) is 1. The monoisotopic (exact) mass is 260 g/mol. The fourth-order valence-corrected chi connectivity index (χ4v) is 3.05. The van der Waals surface area contributed by atoms with Crippen molar-refractivity contribution in [2.75, 3.05) is 13.1 Å². The summed E-state index contributed by atoms with van der Waals surface area (Å²) in [7, 11) is 0. The van der Waals surface area contributed by atoms with Crippen molar-refractivity contribution in [3.63, 3.8) is 0 Å². The molecule has 1 aliphatic rings. The summed E-state index contributed by atoms with van der Waals surface area (Å²) in [4.78, 5) is 2.58. The SMILES string of the molecule is Cc1cccc(CC(N)C(C)(C)N2CCCCC2)c1. The molecule has 1 heterocycles. The normalized spacial score (nSPS) is 19.4. The number of rotatable bonds is 4. The summed E-state index contributed by atoms with van der Waals surface area (Å²) in [5.41, 5.74) is 9.29. The van der Waals surface area contributed by atoms with E-state index in [1.807, 2.05) is 0 Å². The Labute approximate surface area is 118 Å². The predicted octanol–water partition coefficient (Wildman–Crippen LogP) is 3.13. The maximum Gasteiger partial charge on any atom is 0.0307 e. The highest BCUT2D eigenvalue weighted by atomic mass is 15.2. The molecule has 2 nitrogen and oxygen atoms in total. The Bertz CT molecular complexity index is 405. The van der Waals surface area contributed by atoms with Crippen LogP contribution in [0.3, 0.4) is 0 Å². The Hall–Kier alpha value is -0.860. The summed E-state index contributed by atoms with van der Waals surface area (Å²) >= 11 is 0. The molecule has 0 saturated carbocycles. The molecule has 0 aliphatic carbocycles. The first-order chi connectivity index (χ1) is 9.00. The summed E-state index contributed by atoms with van der Waals surface area (Å²) in [6, 6.07) is 8.91. The van der Waals surface area contributed by atoms with Gasteiger partial charge in [0.2, 0.25) is 0 Å². The van der Waals surface area contributed by atoms with E-state index < -0.39 is 0 Å². The summed E-state index contributed by atoms with van der Waals surface area (Å²) in [5.74, 6) is 0. The van der Waals surface area contributed by atoms with Gasteiger partial charge < -0.3 is 5.73 Å². The van der Waals surface area contributed by atoms with E-state index in [0.29, 0.717) is 0 Å². The minimum Gasteiger partial charge on any atom is -0.326 e. The average Bonchev–Trinajstić information content (AvgIpc) is 2.39. The first kappa shape index (κ1) is 14.5. The zero-order valence-corrected chi connectivity index (χ0v) is 12.7. The maximum atomic E-state index is 6.52. The van der Waals surface area contributed by atoms with Gasteiger partial charge in [0.25, 0.3) is 0 Å². The van der Waals surface area contributed by atoms with Crippen LogP contribution in [0.5, 0.6) is 0 Å². The Morgan fingerprint density at radius 1 is 1.21 bits per heavy atom. The highest BCUT2D eigenvalue weighted by molar-refractivity contribution is 5.23. The molecule has 1 aromatic carbocycles. The van der Waals surface area contributed by atoms with Gasteiger partial charge in [-0.25, -0.2) is 0 Å². The van der Waals surface area contributed by atoms with Crippen molar-refractivity contribution in [1.29, 1.82) is 0 Å². The van der Waals surface area contributed by atoms with Crippen molar-refractivity contribution < 1.29 is 0 Å². The minimum atomic E-state index is 0.0875. The number of piperidine rings is 1. The van der Waals surface area contributed by atoms with Crippen LogP contribution in [0, 0.1) is 6.92 Å². The zero-order valence-electron chi connectivity index (χ0n) is 12.7. The zero-order chi connectivity index (χ0) is 13.9. The second kappa shape index (κ2) is 6.06. The van der Waals surface area contributed by atoms with Crippen LogP contribution in [0.2, 0.25) is 0 Å². The third-order valence-electron chi connectivity index (χ3n) is 4.62. The topological polar surface area (TPSA) is 29.3 Å². The van der Waals surface area contributed by atoms with Gasteiger partial charge >= 0.3 is 0 Å². The molecule has 0 bridgehead atoms. The Morgan fingerprint density at radius 3 is 2.53 bits per heavy atom. The van der Waals surface area contributed by atoms with Gasteiger partial charge in [0.15, 0.2) is 0 Å². The van der Waals surface area contributed by atoms with Gasteiger partial charge in [-0.3, -0.25) is 4.90 Å². The van der Waals surface area contributed by atoms with Crippen LogP contribution in [0.25, 0.3) is 0 Å². The lowest BCUT2D eigenvalue weighted by atomic mass is 9.86. The van der Waals surface area contributed by atoms with E-state index in [1.54, 1.807) is 0 Å². The number of nitrogens with two attached hydrogens (primary N) is 1. The van der Waals surface area contributed by atoms with Crippen molar-refractivity contribution in [3.05, 3.63) is 35.4 Å². The molecule has 1 aliphatic heterocycles. The first-order valence-electron chi connectivity index (χ1n) is 7.56. The number of likely N-dealkylation sites (tertiary alicyclic amines) is 1.